The summed E-state index contributed by atoms with van der Waals surface area (Å²) in [6.07, 6.45) is 2.55. The molecule has 6 nitrogen and oxygen atoms in total. The molecule has 0 N–H and O–H groups in total. The molecule has 1 unspecified atom stereocenters. The van der Waals surface area contributed by atoms with Crippen molar-refractivity contribution in [3.05, 3.63) is 27.9 Å². The number of nitro groups is 1. The number of likely N-dealkylation sites (tertiary alicyclic amines) is 1. The lowest BCUT2D eigenvalue weighted by molar-refractivity contribution is -0.385. The highest BCUT2D eigenvalue weighted by Gasteiger charge is 2.22. The molecular formula is C13H20N4O2. The lowest BCUT2D eigenvalue weighted by atomic mass is 10.1. The maximum atomic E-state index is 10.8. The van der Waals surface area contributed by atoms with Gasteiger partial charge in [0.2, 0.25) is 0 Å². The number of hydrogen-bond donors (Lipinski definition) is 0. The van der Waals surface area contributed by atoms with Gasteiger partial charge in [-0.1, -0.05) is 0 Å². The minimum absolute atomic E-state index is 0.0812. The minimum atomic E-state index is -0.391. The standard InChI is InChI=1S/C13H20N4O2/c1-10-6-13(14-7-12(10)17(18)19)16(3)9-11-4-5-15(2)8-11/h6-7,11H,4-5,8-9H2,1-3H3. The monoisotopic (exact) mass is 264 g/mol. The van der Waals surface area contributed by atoms with E-state index in [1.165, 1.54) is 12.6 Å². The summed E-state index contributed by atoms with van der Waals surface area (Å²) >= 11 is 0. The smallest absolute Gasteiger partial charge is 0.290 e. The van der Waals surface area contributed by atoms with Gasteiger partial charge in [-0.2, -0.15) is 0 Å². The number of aromatic nitrogens is 1. The molecule has 19 heavy (non-hydrogen) atoms. The van der Waals surface area contributed by atoms with E-state index in [1.807, 2.05) is 7.05 Å². The Labute approximate surface area is 113 Å². The van der Waals surface area contributed by atoms with Crippen LogP contribution in [0.2, 0.25) is 0 Å². The van der Waals surface area contributed by atoms with Crippen molar-refractivity contribution >= 4 is 11.5 Å². The maximum absolute atomic E-state index is 10.8. The third-order valence-electron chi connectivity index (χ3n) is 3.68. The summed E-state index contributed by atoms with van der Waals surface area (Å²) in [6, 6.07) is 1.79. The topological polar surface area (TPSA) is 62.5 Å². The zero-order valence-corrected chi connectivity index (χ0v) is 11.7. The molecule has 2 heterocycles. The Morgan fingerprint density at radius 1 is 1.63 bits per heavy atom. The van der Waals surface area contributed by atoms with Crippen LogP contribution in [0.25, 0.3) is 0 Å². The van der Waals surface area contributed by atoms with Crippen LogP contribution in [0.1, 0.15) is 12.0 Å². The molecule has 0 bridgehead atoms. The molecule has 1 atom stereocenters. The van der Waals surface area contributed by atoms with Crippen molar-refractivity contribution in [3.8, 4) is 0 Å². The van der Waals surface area contributed by atoms with Gasteiger partial charge in [0.15, 0.2) is 0 Å². The molecule has 0 saturated carbocycles. The summed E-state index contributed by atoms with van der Waals surface area (Å²) in [5, 5.41) is 10.8. The van der Waals surface area contributed by atoms with E-state index in [-0.39, 0.29) is 5.69 Å². The van der Waals surface area contributed by atoms with Gasteiger partial charge in [-0.15, -0.1) is 0 Å². The molecule has 6 heteroatoms. The number of aryl methyl sites for hydroxylation is 1. The summed E-state index contributed by atoms with van der Waals surface area (Å²) in [6.45, 7) is 4.94. The van der Waals surface area contributed by atoms with E-state index >= 15 is 0 Å². The third-order valence-corrected chi connectivity index (χ3v) is 3.68. The van der Waals surface area contributed by atoms with Crippen LogP contribution in [0.3, 0.4) is 0 Å². The third kappa shape index (κ3) is 3.20. The summed E-state index contributed by atoms with van der Waals surface area (Å²) < 4.78 is 0. The van der Waals surface area contributed by atoms with E-state index in [4.69, 9.17) is 0 Å². The van der Waals surface area contributed by atoms with Crippen molar-refractivity contribution in [1.82, 2.24) is 9.88 Å². The molecule has 1 saturated heterocycles. The van der Waals surface area contributed by atoms with Gasteiger partial charge in [0.1, 0.15) is 12.0 Å². The van der Waals surface area contributed by atoms with E-state index in [2.05, 4.69) is 21.8 Å². The van der Waals surface area contributed by atoms with Crippen LogP contribution in [0.5, 0.6) is 0 Å². The van der Waals surface area contributed by atoms with Gasteiger partial charge in [-0.25, -0.2) is 4.98 Å². The normalized spacial score (nSPS) is 19.6. The molecule has 1 aromatic rings. The predicted molar refractivity (Wildman–Crippen MR) is 74.5 cm³/mol. The van der Waals surface area contributed by atoms with Crippen LogP contribution in [0, 0.1) is 23.0 Å². The average Bonchev–Trinajstić information content (AvgIpc) is 2.74. The number of pyridine rings is 1. The Hall–Kier alpha value is -1.69. The van der Waals surface area contributed by atoms with Gasteiger partial charge in [0.25, 0.3) is 5.69 Å². The van der Waals surface area contributed by atoms with Crippen molar-refractivity contribution in [2.75, 3.05) is 38.6 Å². The summed E-state index contributed by atoms with van der Waals surface area (Å²) in [4.78, 5) is 19.0. The molecule has 0 aliphatic carbocycles. The summed E-state index contributed by atoms with van der Waals surface area (Å²) in [5.41, 5.74) is 0.739. The molecule has 1 aromatic heterocycles. The highest BCUT2D eigenvalue weighted by molar-refractivity contribution is 5.48. The zero-order valence-electron chi connectivity index (χ0n) is 11.7. The molecule has 0 spiro atoms. The fraction of sp³-hybridized carbons (Fsp3) is 0.615. The Morgan fingerprint density at radius 2 is 2.37 bits per heavy atom. The molecular weight excluding hydrogens is 244 g/mol. The van der Waals surface area contributed by atoms with Gasteiger partial charge >= 0.3 is 0 Å². The zero-order chi connectivity index (χ0) is 14.0. The van der Waals surface area contributed by atoms with E-state index < -0.39 is 4.92 Å². The first-order chi connectivity index (χ1) is 8.97. The fourth-order valence-electron chi connectivity index (χ4n) is 2.59. The lowest BCUT2D eigenvalue weighted by Crippen LogP contribution is -2.27. The molecule has 0 aromatic carbocycles. The molecule has 1 aliphatic heterocycles. The second-order valence-corrected chi connectivity index (χ2v) is 5.38. The van der Waals surface area contributed by atoms with Crippen molar-refractivity contribution in [2.45, 2.75) is 13.3 Å². The van der Waals surface area contributed by atoms with Crippen LogP contribution >= 0.6 is 0 Å². The molecule has 104 valence electrons. The Bertz CT molecular complexity index is 478. The molecule has 0 amide bonds. The second kappa shape index (κ2) is 5.52. The SMILES string of the molecule is Cc1cc(N(C)CC2CCN(C)C2)ncc1[N+](=O)[O-]. The Morgan fingerprint density at radius 3 is 2.89 bits per heavy atom. The highest BCUT2D eigenvalue weighted by Crippen LogP contribution is 2.22. The van der Waals surface area contributed by atoms with Gasteiger partial charge in [0.05, 0.1) is 4.92 Å². The highest BCUT2D eigenvalue weighted by atomic mass is 16.6. The van der Waals surface area contributed by atoms with Crippen molar-refractivity contribution in [3.63, 3.8) is 0 Å². The summed E-state index contributed by atoms with van der Waals surface area (Å²) in [7, 11) is 4.13. The first-order valence-electron chi connectivity index (χ1n) is 6.48. The largest absolute Gasteiger partial charge is 0.359 e. The van der Waals surface area contributed by atoms with E-state index in [0.29, 0.717) is 11.5 Å². The van der Waals surface area contributed by atoms with Gasteiger partial charge in [-0.3, -0.25) is 10.1 Å². The van der Waals surface area contributed by atoms with E-state index in [9.17, 15) is 10.1 Å². The lowest BCUT2D eigenvalue weighted by Gasteiger charge is -2.22. The van der Waals surface area contributed by atoms with Crippen LogP contribution in [0.4, 0.5) is 11.5 Å². The number of anilines is 1. The molecule has 1 aliphatic rings. The minimum Gasteiger partial charge on any atom is -0.359 e. The summed E-state index contributed by atoms with van der Waals surface area (Å²) in [5.74, 6) is 1.45. The van der Waals surface area contributed by atoms with Gasteiger partial charge < -0.3 is 9.80 Å². The quantitative estimate of drug-likeness (QED) is 0.611. The van der Waals surface area contributed by atoms with Gasteiger partial charge in [-0.05, 0) is 38.9 Å². The van der Waals surface area contributed by atoms with Crippen molar-refractivity contribution in [1.29, 1.82) is 0 Å². The van der Waals surface area contributed by atoms with E-state index in [1.54, 1.807) is 13.0 Å². The average molecular weight is 264 g/mol. The predicted octanol–water partition coefficient (Wildman–Crippen LogP) is 1.69. The molecule has 2 rings (SSSR count). The van der Waals surface area contributed by atoms with Crippen molar-refractivity contribution < 1.29 is 4.92 Å². The maximum Gasteiger partial charge on any atom is 0.290 e. The Balaban J connectivity index is 2.05. The number of hydrogen-bond acceptors (Lipinski definition) is 5. The molecule has 1 fully saturated rings. The van der Waals surface area contributed by atoms with Crippen LogP contribution in [-0.2, 0) is 0 Å². The van der Waals surface area contributed by atoms with E-state index in [0.717, 1.165) is 25.5 Å². The van der Waals surface area contributed by atoms with Gasteiger partial charge in [0, 0.05) is 25.7 Å². The molecule has 0 radical (unpaired) electrons. The number of rotatable bonds is 4. The van der Waals surface area contributed by atoms with Crippen LogP contribution in [0.15, 0.2) is 12.3 Å². The van der Waals surface area contributed by atoms with Crippen LogP contribution in [-0.4, -0.2) is 48.5 Å². The fourth-order valence-corrected chi connectivity index (χ4v) is 2.59. The van der Waals surface area contributed by atoms with Crippen LogP contribution < -0.4 is 4.90 Å². The Kier molecular flexibility index (Phi) is 3.99. The first-order valence-corrected chi connectivity index (χ1v) is 6.48. The first kappa shape index (κ1) is 13.7. The second-order valence-electron chi connectivity index (χ2n) is 5.38. The van der Waals surface area contributed by atoms with Crippen molar-refractivity contribution in [2.24, 2.45) is 5.92 Å². The number of nitrogens with zero attached hydrogens (tertiary/aromatic N) is 4.